The fraction of sp³-hybridized carbons (Fsp3) is 0.950. The number of carbonyl (C=O) groups excluding carboxylic acids is 1. The highest BCUT2D eigenvalue weighted by Crippen LogP contribution is 2.13. The summed E-state index contributed by atoms with van der Waals surface area (Å²) >= 11 is 2.21. The molecule has 0 fully saturated rings. The van der Waals surface area contributed by atoms with E-state index < -0.39 is 0 Å². The molecule has 0 rings (SSSR count). The van der Waals surface area contributed by atoms with Crippen molar-refractivity contribution in [2.24, 2.45) is 0 Å². The van der Waals surface area contributed by atoms with E-state index in [1.165, 1.54) is 89.9 Å². The van der Waals surface area contributed by atoms with Crippen LogP contribution in [0.25, 0.3) is 0 Å². The second-order valence-corrected chi connectivity index (χ2v) is 7.69. The highest BCUT2D eigenvalue weighted by molar-refractivity contribution is 14.1. The molecular weight excluding hydrogens is 399 g/mol. The minimum atomic E-state index is -0.0373. The molecule has 0 aromatic carbocycles. The number of alkyl halides is 1. The van der Waals surface area contributed by atoms with Gasteiger partial charge in [0.05, 0.1) is 13.0 Å². The van der Waals surface area contributed by atoms with Gasteiger partial charge in [-0.25, -0.2) is 0 Å². The number of hydrogen-bond donors (Lipinski definition) is 0. The minimum absolute atomic E-state index is 0.0373. The lowest BCUT2D eigenvalue weighted by Crippen LogP contribution is -2.05. The standard InChI is InChI=1S/C20H39IO2/c1-2-3-4-5-6-7-8-9-10-11-12-13-14-15-16-19-23-20(22)17-18-21/h2-19H2,1H3. The Hall–Kier alpha value is 0.200. The molecule has 0 N–H and O–H groups in total. The summed E-state index contributed by atoms with van der Waals surface area (Å²) in [7, 11) is 0. The first-order valence-corrected chi connectivity index (χ1v) is 11.6. The van der Waals surface area contributed by atoms with E-state index in [4.69, 9.17) is 4.74 Å². The summed E-state index contributed by atoms with van der Waals surface area (Å²) in [6.07, 6.45) is 21.0. The van der Waals surface area contributed by atoms with Crippen LogP contribution in [-0.2, 0) is 9.53 Å². The van der Waals surface area contributed by atoms with Crippen molar-refractivity contribution in [1.82, 2.24) is 0 Å². The lowest BCUT2D eigenvalue weighted by molar-refractivity contribution is -0.143. The van der Waals surface area contributed by atoms with Gasteiger partial charge in [0.15, 0.2) is 0 Å². The molecule has 0 aromatic rings. The van der Waals surface area contributed by atoms with Crippen molar-refractivity contribution in [3.63, 3.8) is 0 Å². The zero-order valence-corrected chi connectivity index (χ0v) is 17.6. The average Bonchev–Trinajstić information content (AvgIpc) is 2.54. The van der Waals surface area contributed by atoms with Crippen LogP contribution in [0.3, 0.4) is 0 Å². The average molecular weight is 438 g/mol. The van der Waals surface area contributed by atoms with Crippen LogP contribution < -0.4 is 0 Å². The summed E-state index contributed by atoms with van der Waals surface area (Å²) in [5, 5.41) is 0. The maximum atomic E-state index is 11.2. The Labute approximate surface area is 158 Å². The molecule has 0 spiro atoms. The third-order valence-corrected chi connectivity index (χ3v) is 4.85. The van der Waals surface area contributed by atoms with Crippen molar-refractivity contribution in [3.05, 3.63) is 0 Å². The van der Waals surface area contributed by atoms with Gasteiger partial charge in [0.2, 0.25) is 0 Å². The molecular formula is C20H39IO2. The van der Waals surface area contributed by atoms with Crippen LogP contribution in [0.2, 0.25) is 0 Å². The van der Waals surface area contributed by atoms with Crippen molar-refractivity contribution in [1.29, 1.82) is 0 Å². The molecule has 0 atom stereocenters. The Bertz CT molecular complexity index is 244. The predicted octanol–water partition coefficient (Wildman–Crippen LogP) is 7.23. The normalized spacial score (nSPS) is 10.9. The number of unbranched alkanes of at least 4 members (excludes halogenated alkanes) is 14. The summed E-state index contributed by atoms with van der Waals surface area (Å²) < 4.78 is 6.01. The zero-order chi connectivity index (χ0) is 17.0. The first-order chi connectivity index (χ1) is 11.3. The second-order valence-electron chi connectivity index (χ2n) is 6.61. The summed E-state index contributed by atoms with van der Waals surface area (Å²) in [6, 6.07) is 0. The van der Waals surface area contributed by atoms with Gasteiger partial charge < -0.3 is 4.74 Å². The zero-order valence-electron chi connectivity index (χ0n) is 15.4. The molecule has 0 aliphatic rings. The van der Waals surface area contributed by atoms with Crippen LogP contribution in [0.15, 0.2) is 0 Å². The summed E-state index contributed by atoms with van der Waals surface area (Å²) in [6.45, 7) is 2.90. The van der Waals surface area contributed by atoms with Gasteiger partial charge in [-0.3, -0.25) is 4.79 Å². The fourth-order valence-electron chi connectivity index (χ4n) is 2.81. The van der Waals surface area contributed by atoms with Gasteiger partial charge in [0.1, 0.15) is 0 Å². The predicted molar refractivity (Wildman–Crippen MR) is 109 cm³/mol. The number of rotatable bonds is 18. The second kappa shape index (κ2) is 20.2. The quantitative estimate of drug-likeness (QED) is 0.0977. The van der Waals surface area contributed by atoms with Crippen LogP contribution in [-0.4, -0.2) is 17.0 Å². The van der Waals surface area contributed by atoms with Crippen molar-refractivity contribution >= 4 is 28.6 Å². The Morgan fingerprint density at radius 1 is 0.696 bits per heavy atom. The van der Waals surface area contributed by atoms with E-state index in [9.17, 15) is 4.79 Å². The van der Waals surface area contributed by atoms with Gasteiger partial charge >= 0.3 is 5.97 Å². The largest absolute Gasteiger partial charge is 0.466 e. The molecule has 0 aromatic heterocycles. The molecule has 0 saturated heterocycles. The third kappa shape index (κ3) is 20.2. The SMILES string of the molecule is CCCCCCCCCCCCCCCCCOC(=O)CCI. The van der Waals surface area contributed by atoms with Crippen LogP contribution in [0.4, 0.5) is 0 Å². The van der Waals surface area contributed by atoms with Gasteiger partial charge in [-0.2, -0.15) is 0 Å². The molecule has 0 unspecified atom stereocenters. The highest BCUT2D eigenvalue weighted by atomic mass is 127. The number of carbonyl (C=O) groups is 1. The highest BCUT2D eigenvalue weighted by Gasteiger charge is 2.00. The first-order valence-electron chi connectivity index (χ1n) is 10.0. The molecule has 2 nitrogen and oxygen atoms in total. The monoisotopic (exact) mass is 438 g/mol. The van der Waals surface area contributed by atoms with Gasteiger partial charge in [-0.05, 0) is 6.42 Å². The lowest BCUT2D eigenvalue weighted by atomic mass is 10.0. The lowest BCUT2D eigenvalue weighted by Gasteiger charge is -2.04. The van der Waals surface area contributed by atoms with E-state index in [2.05, 4.69) is 29.5 Å². The molecule has 0 radical (unpaired) electrons. The summed E-state index contributed by atoms with van der Waals surface area (Å²) in [4.78, 5) is 11.2. The van der Waals surface area contributed by atoms with Crippen molar-refractivity contribution in [2.45, 2.75) is 110 Å². The van der Waals surface area contributed by atoms with Crippen molar-refractivity contribution in [2.75, 3.05) is 11.0 Å². The topological polar surface area (TPSA) is 26.3 Å². The number of halogens is 1. The molecule has 0 amide bonds. The molecule has 0 aliphatic carbocycles. The Balaban J connectivity index is 3.01. The molecule has 0 aliphatic heterocycles. The van der Waals surface area contributed by atoms with E-state index in [0.717, 1.165) is 10.8 Å². The number of ether oxygens (including phenoxy) is 1. The van der Waals surface area contributed by atoms with Crippen molar-refractivity contribution < 1.29 is 9.53 Å². The van der Waals surface area contributed by atoms with Gasteiger partial charge in [-0.1, -0.05) is 119 Å². The molecule has 0 bridgehead atoms. The molecule has 138 valence electrons. The fourth-order valence-corrected chi connectivity index (χ4v) is 3.25. The Kier molecular flexibility index (Phi) is 20.4. The molecule has 0 saturated carbocycles. The first kappa shape index (κ1) is 23.2. The smallest absolute Gasteiger partial charge is 0.306 e. The summed E-state index contributed by atoms with van der Waals surface area (Å²) in [5.74, 6) is -0.0373. The van der Waals surface area contributed by atoms with Crippen molar-refractivity contribution in [3.8, 4) is 0 Å². The van der Waals surface area contributed by atoms with E-state index >= 15 is 0 Å². The van der Waals surface area contributed by atoms with Crippen LogP contribution >= 0.6 is 22.6 Å². The maximum Gasteiger partial charge on any atom is 0.306 e. The molecule has 3 heteroatoms. The van der Waals surface area contributed by atoms with E-state index in [1.54, 1.807) is 0 Å². The minimum Gasteiger partial charge on any atom is -0.466 e. The van der Waals surface area contributed by atoms with Gasteiger partial charge in [0, 0.05) is 4.43 Å². The molecule has 23 heavy (non-hydrogen) atoms. The maximum absolute atomic E-state index is 11.2. The van der Waals surface area contributed by atoms with Gasteiger partial charge in [0.25, 0.3) is 0 Å². The van der Waals surface area contributed by atoms with E-state index in [1.807, 2.05) is 0 Å². The van der Waals surface area contributed by atoms with Crippen LogP contribution in [0, 0.1) is 0 Å². The molecule has 0 heterocycles. The Morgan fingerprint density at radius 3 is 1.48 bits per heavy atom. The van der Waals surface area contributed by atoms with Crippen LogP contribution in [0.1, 0.15) is 110 Å². The Morgan fingerprint density at radius 2 is 1.09 bits per heavy atom. The number of esters is 1. The third-order valence-electron chi connectivity index (χ3n) is 4.31. The van der Waals surface area contributed by atoms with E-state index in [-0.39, 0.29) is 5.97 Å². The van der Waals surface area contributed by atoms with E-state index in [0.29, 0.717) is 13.0 Å². The number of hydrogen-bond acceptors (Lipinski definition) is 2. The summed E-state index contributed by atoms with van der Waals surface area (Å²) in [5.41, 5.74) is 0. The van der Waals surface area contributed by atoms with Crippen LogP contribution in [0.5, 0.6) is 0 Å². The van der Waals surface area contributed by atoms with Gasteiger partial charge in [-0.15, -0.1) is 0 Å².